The fourth-order valence-electron chi connectivity index (χ4n) is 3.66. The normalized spacial score (nSPS) is 17.5. The maximum Gasteiger partial charge on any atom is 0.301 e. The van der Waals surface area contributed by atoms with E-state index in [2.05, 4.69) is 4.98 Å². The lowest BCUT2D eigenvalue weighted by molar-refractivity contribution is -0.132. The Morgan fingerprint density at radius 3 is 2.33 bits per heavy atom. The second kappa shape index (κ2) is 8.88. The highest BCUT2D eigenvalue weighted by Gasteiger charge is 2.48. The molecule has 1 saturated heterocycles. The molecule has 4 rings (SSSR count). The molecule has 0 aliphatic carbocycles. The number of benzene rings is 2. The van der Waals surface area contributed by atoms with Crippen LogP contribution >= 0.6 is 22.9 Å². The number of ether oxygens (including phenoxy) is 2. The highest BCUT2D eigenvalue weighted by Crippen LogP contribution is 2.44. The molecule has 1 atom stereocenters. The average Bonchev–Trinajstić information content (AvgIpc) is 3.28. The van der Waals surface area contributed by atoms with E-state index in [1.54, 1.807) is 43.5 Å². The van der Waals surface area contributed by atoms with Gasteiger partial charge in [0.1, 0.15) is 17.3 Å². The number of methoxy groups -OCH3 is 2. The molecule has 2 aromatic carbocycles. The lowest BCUT2D eigenvalue weighted by Crippen LogP contribution is -2.29. The van der Waals surface area contributed by atoms with Crippen molar-refractivity contribution in [1.29, 1.82) is 0 Å². The predicted octanol–water partition coefficient (Wildman–Crippen LogP) is 5.06. The Bertz CT molecular complexity index is 1260. The zero-order chi connectivity index (χ0) is 23.9. The largest absolute Gasteiger partial charge is 0.507 e. The van der Waals surface area contributed by atoms with Gasteiger partial charge in [0, 0.05) is 10.4 Å². The smallest absolute Gasteiger partial charge is 0.301 e. The number of aromatic nitrogens is 1. The molecule has 1 aliphatic rings. The Morgan fingerprint density at radius 2 is 1.79 bits per heavy atom. The zero-order valence-corrected chi connectivity index (χ0v) is 20.0. The van der Waals surface area contributed by atoms with E-state index in [0.717, 1.165) is 10.6 Å². The minimum absolute atomic E-state index is 0.0445. The number of Topliss-reactive ketones (excluding diaryl/α,β-unsaturated/α-hetero) is 1. The SMILES string of the molecule is COc1ccc([C@H]2/C(=C(\O)c3ccc(OC)c(Cl)c3)C(=O)C(=O)N2c2nc(C)c(C)s2)cc1. The van der Waals surface area contributed by atoms with Gasteiger partial charge in [-0.2, -0.15) is 0 Å². The van der Waals surface area contributed by atoms with Crippen molar-refractivity contribution in [2.45, 2.75) is 19.9 Å². The molecule has 33 heavy (non-hydrogen) atoms. The predicted molar refractivity (Wildman–Crippen MR) is 127 cm³/mol. The van der Waals surface area contributed by atoms with Crippen LogP contribution in [0.1, 0.15) is 27.7 Å². The number of amides is 1. The first kappa shape index (κ1) is 22.8. The summed E-state index contributed by atoms with van der Waals surface area (Å²) in [6, 6.07) is 10.8. The first-order chi connectivity index (χ1) is 15.8. The third-order valence-electron chi connectivity index (χ3n) is 5.52. The summed E-state index contributed by atoms with van der Waals surface area (Å²) in [7, 11) is 3.03. The van der Waals surface area contributed by atoms with Crippen LogP contribution in [0.2, 0.25) is 5.02 Å². The van der Waals surface area contributed by atoms with Crippen molar-refractivity contribution in [3.05, 3.63) is 74.8 Å². The van der Waals surface area contributed by atoms with Crippen LogP contribution in [0.15, 0.2) is 48.0 Å². The number of carbonyl (C=O) groups is 2. The van der Waals surface area contributed by atoms with Gasteiger partial charge >= 0.3 is 5.91 Å². The Morgan fingerprint density at radius 1 is 1.09 bits per heavy atom. The number of hydrogen-bond acceptors (Lipinski definition) is 7. The third kappa shape index (κ3) is 3.96. The Hall–Kier alpha value is -3.36. The van der Waals surface area contributed by atoms with Crippen LogP contribution in [0.3, 0.4) is 0 Å². The standard InChI is InChI=1S/C24H21ClN2O5S/c1-12-13(2)33-24(26-12)27-20(14-5-8-16(31-3)9-6-14)19(22(29)23(27)30)21(28)15-7-10-18(32-4)17(25)11-15/h5-11,20,28H,1-4H3/b21-19+/t20-/m0/s1. The summed E-state index contributed by atoms with van der Waals surface area (Å²) in [4.78, 5) is 33.1. The highest BCUT2D eigenvalue weighted by atomic mass is 35.5. The van der Waals surface area contributed by atoms with Gasteiger partial charge in [-0.15, -0.1) is 11.3 Å². The molecule has 3 aromatic rings. The molecule has 1 amide bonds. The van der Waals surface area contributed by atoms with Crippen LogP contribution in [0.25, 0.3) is 5.76 Å². The number of rotatable bonds is 5. The van der Waals surface area contributed by atoms with Gasteiger partial charge in [-0.3, -0.25) is 14.5 Å². The number of thiazole rings is 1. The van der Waals surface area contributed by atoms with Gasteiger partial charge in [0.2, 0.25) is 0 Å². The van der Waals surface area contributed by atoms with Gasteiger partial charge in [0.25, 0.3) is 5.78 Å². The molecule has 1 aliphatic heterocycles. The van der Waals surface area contributed by atoms with Gasteiger partial charge in [-0.05, 0) is 49.7 Å². The van der Waals surface area contributed by atoms with Gasteiger partial charge < -0.3 is 14.6 Å². The van der Waals surface area contributed by atoms with Gasteiger partial charge in [0.15, 0.2) is 5.13 Å². The first-order valence-corrected chi connectivity index (χ1v) is 11.2. The number of hydrogen-bond donors (Lipinski definition) is 1. The van der Waals surface area contributed by atoms with Crippen molar-refractivity contribution in [3.63, 3.8) is 0 Å². The number of halogens is 1. The van der Waals surface area contributed by atoms with Crippen molar-refractivity contribution in [2.24, 2.45) is 0 Å². The molecular weight excluding hydrogens is 464 g/mol. The minimum Gasteiger partial charge on any atom is -0.507 e. The van der Waals surface area contributed by atoms with E-state index >= 15 is 0 Å². The van der Waals surface area contributed by atoms with Crippen LogP contribution in [-0.4, -0.2) is 36.0 Å². The molecule has 0 spiro atoms. The molecular formula is C24H21ClN2O5S. The van der Waals surface area contributed by atoms with Gasteiger partial charge in [-0.1, -0.05) is 23.7 Å². The molecule has 0 radical (unpaired) electrons. The van der Waals surface area contributed by atoms with E-state index in [-0.39, 0.29) is 16.4 Å². The Labute approximate surface area is 199 Å². The quantitative estimate of drug-likeness (QED) is 0.309. The van der Waals surface area contributed by atoms with Crippen LogP contribution in [0.5, 0.6) is 11.5 Å². The Balaban J connectivity index is 1.93. The van der Waals surface area contributed by atoms with Crippen LogP contribution < -0.4 is 14.4 Å². The van der Waals surface area contributed by atoms with Crippen molar-refractivity contribution >= 4 is 45.5 Å². The van der Waals surface area contributed by atoms with Crippen molar-refractivity contribution < 1.29 is 24.2 Å². The van der Waals surface area contributed by atoms with Gasteiger partial charge in [0.05, 0.1) is 36.6 Å². The maximum atomic E-state index is 13.2. The van der Waals surface area contributed by atoms with E-state index < -0.39 is 17.7 Å². The third-order valence-corrected chi connectivity index (χ3v) is 6.89. The zero-order valence-electron chi connectivity index (χ0n) is 18.4. The molecule has 0 saturated carbocycles. The summed E-state index contributed by atoms with van der Waals surface area (Å²) in [5.74, 6) is -0.838. The molecule has 1 fully saturated rings. The fraction of sp³-hybridized carbons (Fsp3) is 0.208. The molecule has 0 unspecified atom stereocenters. The highest BCUT2D eigenvalue weighted by molar-refractivity contribution is 7.16. The lowest BCUT2D eigenvalue weighted by Gasteiger charge is -2.23. The van der Waals surface area contributed by atoms with E-state index in [4.69, 9.17) is 21.1 Å². The van der Waals surface area contributed by atoms with E-state index in [1.807, 2.05) is 13.8 Å². The van der Waals surface area contributed by atoms with Crippen molar-refractivity contribution in [2.75, 3.05) is 19.1 Å². The van der Waals surface area contributed by atoms with E-state index in [1.165, 1.54) is 29.4 Å². The number of aliphatic hydroxyl groups is 1. The molecule has 1 N–H and O–H groups in total. The number of aliphatic hydroxyl groups excluding tert-OH is 1. The van der Waals surface area contributed by atoms with E-state index in [0.29, 0.717) is 27.8 Å². The van der Waals surface area contributed by atoms with Crippen LogP contribution in [0.4, 0.5) is 5.13 Å². The molecule has 1 aromatic heterocycles. The molecule has 170 valence electrons. The topological polar surface area (TPSA) is 89.0 Å². The monoisotopic (exact) mass is 484 g/mol. The molecule has 2 heterocycles. The summed E-state index contributed by atoms with van der Waals surface area (Å²) in [5, 5.41) is 11.8. The summed E-state index contributed by atoms with van der Waals surface area (Å²) < 4.78 is 10.4. The Kier molecular flexibility index (Phi) is 6.14. The number of aryl methyl sites for hydroxylation is 2. The number of carbonyl (C=O) groups excluding carboxylic acids is 2. The first-order valence-electron chi connectivity index (χ1n) is 9.99. The minimum atomic E-state index is -0.873. The second-order valence-corrected chi connectivity index (χ2v) is 9.02. The van der Waals surface area contributed by atoms with Crippen molar-refractivity contribution in [3.8, 4) is 11.5 Å². The molecule has 7 nitrogen and oxygen atoms in total. The average molecular weight is 485 g/mol. The fourth-order valence-corrected chi connectivity index (χ4v) is 4.85. The lowest BCUT2D eigenvalue weighted by atomic mass is 9.95. The summed E-state index contributed by atoms with van der Waals surface area (Å²) >= 11 is 7.55. The van der Waals surface area contributed by atoms with Gasteiger partial charge in [-0.25, -0.2) is 4.98 Å². The second-order valence-electron chi connectivity index (χ2n) is 7.43. The van der Waals surface area contributed by atoms with Crippen molar-refractivity contribution in [1.82, 2.24) is 4.98 Å². The van der Waals surface area contributed by atoms with Crippen LogP contribution in [0, 0.1) is 13.8 Å². The molecule has 9 heteroatoms. The summed E-state index contributed by atoms with van der Waals surface area (Å²) in [6.45, 7) is 3.74. The number of ketones is 1. The maximum absolute atomic E-state index is 13.2. The number of nitrogens with zero attached hydrogens (tertiary/aromatic N) is 2. The number of anilines is 1. The summed E-state index contributed by atoms with van der Waals surface area (Å²) in [6.07, 6.45) is 0. The molecule has 0 bridgehead atoms. The van der Waals surface area contributed by atoms with Crippen LogP contribution in [-0.2, 0) is 9.59 Å². The van der Waals surface area contributed by atoms with E-state index in [9.17, 15) is 14.7 Å². The summed E-state index contributed by atoms with van der Waals surface area (Å²) in [5.41, 5.74) is 1.65.